The number of quaternary nitrogens is 1. The van der Waals surface area contributed by atoms with Gasteiger partial charge in [0.1, 0.15) is 6.04 Å². The van der Waals surface area contributed by atoms with E-state index in [4.69, 9.17) is 9.47 Å². The van der Waals surface area contributed by atoms with Crippen molar-refractivity contribution in [3.05, 3.63) is 71.8 Å². The summed E-state index contributed by atoms with van der Waals surface area (Å²) >= 11 is 0. The molecule has 5 heteroatoms. The Morgan fingerprint density at radius 3 is 2.54 bits per heavy atom. The summed E-state index contributed by atoms with van der Waals surface area (Å²) in [6, 6.07) is 20.5. The molecule has 5 nitrogen and oxygen atoms in total. The second kappa shape index (κ2) is 9.24. The second-order valence-electron chi connectivity index (χ2n) is 6.76. The third-order valence-corrected chi connectivity index (χ3v) is 4.91. The largest absolute Gasteiger partial charge is 0.493 e. The maximum atomic E-state index is 12.3. The van der Waals surface area contributed by atoms with Gasteiger partial charge in [0.05, 0.1) is 14.2 Å². The van der Waals surface area contributed by atoms with Gasteiger partial charge in [-0.05, 0) is 35.4 Å². The van der Waals surface area contributed by atoms with Crippen LogP contribution in [0.5, 0.6) is 11.5 Å². The second-order valence-corrected chi connectivity index (χ2v) is 6.76. The van der Waals surface area contributed by atoms with Gasteiger partial charge in [0, 0.05) is 12.1 Å². The molecule has 0 saturated heterocycles. The van der Waals surface area contributed by atoms with Gasteiger partial charge in [-0.3, -0.25) is 4.79 Å². The number of hydrogen-bond donors (Lipinski definition) is 2. The van der Waals surface area contributed by atoms with Crippen LogP contribution in [-0.4, -0.2) is 26.7 Å². The van der Waals surface area contributed by atoms with E-state index >= 15 is 0 Å². The average Bonchev–Trinajstić information content (AvgIpc) is 2.75. The molecule has 0 spiro atoms. The van der Waals surface area contributed by atoms with Crippen LogP contribution in [0.25, 0.3) is 10.8 Å². The molecule has 0 saturated carbocycles. The van der Waals surface area contributed by atoms with E-state index < -0.39 is 0 Å². The monoisotopic (exact) mass is 379 g/mol. The first-order chi connectivity index (χ1) is 13.6. The molecule has 0 heterocycles. The summed E-state index contributed by atoms with van der Waals surface area (Å²) in [5.41, 5.74) is 2.21. The number of carbonyl (C=O) groups excluding carboxylic acids is 1. The third-order valence-electron chi connectivity index (χ3n) is 4.91. The minimum Gasteiger partial charge on any atom is -0.493 e. The van der Waals surface area contributed by atoms with Crippen LogP contribution in [0.4, 0.5) is 0 Å². The molecule has 1 atom stereocenters. The number of carbonyl (C=O) groups is 1. The molecule has 0 aromatic heterocycles. The summed E-state index contributed by atoms with van der Waals surface area (Å²) in [6.45, 7) is 2.96. The van der Waals surface area contributed by atoms with E-state index in [9.17, 15) is 4.79 Å². The quantitative estimate of drug-likeness (QED) is 0.633. The molecule has 1 amide bonds. The molecule has 3 aromatic rings. The van der Waals surface area contributed by atoms with Gasteiger partial charge in [0.15, 0.2) is 18.0 Å². The highest BCUT2D eigenvalue weighted by atomic mass is 16.5. The molecular formula is C23H27N2O3+. The molecule has 146 valence electrons. The molecule has 3 rings (SSSR count). The van der Waals surface area contributed by atoms with Crippen LogP contribution in [0.1, 0.15) is 24.1 Å². The molecule has 0 radical (unpaired) electrons. The van der Waals surface area contributed by atoms with E-state index in [1.807, 2.05) is 30.3 Å². The van der Waals surface area contributed by atoms with Crippen molar-refractivity contribution >= 4 is 16.7 Å². The summed E-state index contributed by atoms with van der Waals surface area (Å²) in [6.07, 6.45) is 0. The Bertz CT molecular complexity index is 950. The molecule has 3 aromatic carbocycles. The van der Waals surface area contributed by atoms with Crippen molar-refractivity contribution < 1.29 is 19.6 Å². The zero-order valence-electron chi connectivity index (χ0n) is 16.6. The fourth-order valence-electron chi connectivity index (χ4n) is 3.32. The van der Waals surface area contributed by atoms with Gasteiger partial charge >= 0.3 is 0 Å². The lowest BCUT2D eigenvalue weighted by molar-refractivity contribution is -0.682. The van der Waals surface area contributed by atoms with Crippen LogP contribution in [-0.2, 0) is 11.3 Å². The number of rotatable bonds is 8. The predicted molar refractivity (Wildman–Crippen MR) is 111 cm³/mol. The van der Waals surface area contributed by atoms with Gasteiger partial charge in [-0.25, -0.2) is 0 Å². The number of amides is 1. The van der Waals surface area contributed by atoms with Gasteiger partial charge in [0.2, 0.25) is 0 Å². The van der Waals surface area contributed by atoms with Crippen molar-refractivity contribution in [3.63, 3.8) is 0 Å². The van der Waals surface area contributed by atoms with Gasteiger partial charge < -0.3 is 20.1 Å². The van der Waals surface area contributed by atoms with Gasteiger partial charge in [0.25, 0.3) is 5.91 Å². The van der Waals surface area contributed by atoms with E-state index in [1.54, 1.807) is 14.2 Å². The highest BCUT2D eigenvalue weighted by Gasteiger charge is 2.14. The van der Waals surface area contributed by atoms with E-state index in [0.717, 1.165) is 5.56 Å². The minimum atomic E-state index is 0.00173. The lowest BCUT2D eigenvalue weighted by atomic mass is 10.00. The zero-order valence-corrected chi connectivity index (χ0v) is 16.6. The molecule has 0 bridgehead atoms. The first kappa shape index (κ1) is 19.7. The number of nitrogens with two attached hydrogens (primary N) is 1. The molecule has 0 fully saturated rings. The van der Waals surface area contributed by atoms with Crippen LogP contribution in [0.3, 0.4) is 0 Å². The zero-order chi connectivity index (χ0) is 19.9. The van der Waals surface area contributed by atoms with Gasteiger partial charge in [-0.15, -0.1) is 0 Å². The first-order valence-corrected chi connectivity index (χ1v) is 9.41. The standard InChI is InChI=1S/C23H26N2O3/c1-16(19-10-6-8-18-7-4-5-9-20(18)19)24-15-23(26)25-14-17-11-12-21(27-2)22(13-17)28-3/h4-13,16,24H,14-15H2,1-3H3,(H,25,26)/p+1/t16-/m0/s1. The third kappa shape index (κ3) is 4.61. The fourth-order valence-corrected chi connectivity index (χ4v) is 3.32. The number of nitrogens with one attached hydrogen (secondary N) is 1. The fraction of sp³-hybridized carbons (Fsp3) is 0.261. The summed E-state index contributed by atoms with van der Waals surface area (Å²) in [7, 11) is 3.20. The molecule has 28 heavy (non-hydrogen) atoms. The Morgan fingerprint density at radius 1 is 1.00 bits per heavy atom. The summed E-state index contributed by atoms with van der Waals surface area (Å²) in [5.74, 6) is 1.34. The Morgan fingerprint density at radius 2 is 1.75 bits per heavy atom. The van der Waals surface area contributed by atoms with Crippen molar-refractivity contribution in [3.8, 4) is 11.5 Å². The molecule has 0 aliphatic rings. The van der Waals surface area contributed by atoms with E-state index in [0.29, 0.717) is 24.6 Å². The smallest absolute Gasteiger partial charge is 0.275 e. The van der Waals surface area contributed by atoms with E-state index in [2.05, 4.69) is 47.9 Å². The highest BCUT2D eigenvalue weighted by molar-refractivity contribution is 5.86. The summed E-state index contributed by atoms with van der Waals surface area (Å²) in [4.78, 5) is 12.3. The van der Waals surface area contributed by atoms with E-state index in [-0.39, 0.29) is 11.9 Å². The summed E-state index contributed by atoms with van der Waals surface area (Å²) < 4.78 is 10.5. The lowest BCUT2D eigenvalue weighted by Gasteiger charge is -2.14. The van der Waals surface area contributed by atoms with E-state index in [1.165, 1.54) is 16.3 Å². The Hall–Kier alpha value is -3.05. The topological polar surface area (TPSA) is 64.2 Å². The van der Waals surface area contributed by atoms with Crippen molar-refractivity contribution in [2.24, 2.45) is 0 Å². The minimum absolute atomic E-state index is 0.00173. The Kier molecular flexibility index (Phi) is 6.50. The molecule has 0 aliphatic carbocycles. The van der Waals surface area contributed by atoms with Crippen LogP contribution in [0.2, 0.25) is 0 Å². The highest BCUT2D eigenvalue weighted by Crippen LogP contribution is 2.27. The molecule has 0 unspecified atom stereocenters. The number of methoxy groups -OCH3 is 2. The van der Waals surface area contributed by atoms with Crippen LogP contribution in [0, 0.1) is 0 Å². The molecular weight excluding hydrogens is 352 g/mol. The number of hydrogen-bond acceptors (Lipinski definition) is 3. The summed E-state index contributed by atoms with van der Waals surface area (Å²) in [5, 5.41) is 7.48. The SMILES string of the molecule is COc1ccc(CNC(=O)C[NH2+][C@@H](C)c2cccc3ccccc23)cc1OC. The predicted octanol–water partition coefficient (Wildman–Crippen LogP) is 2.80. The van der Waals surface area contributed by atoms with Gasteiger partial charge in [-0.1, -0.05) is 48.5 Å². The Labute approximate surface area is 165 Å². The molecule has 0 aliphatic heterocycles. The maximum Gasteiger partial charge on any atom is 0.275 e. The first-order valence-electron chi connectivity index (χ1n) is 9.41. The van der Waals surface area contributed by atoms with Crippen LogP contribution >= 0.6 is 0 Å². The van der Waals surface area contributed by atoms with Crippen LogP contribution < -0.4 is 20.1 Å². The number of benzene rings is 3. The number of ether oxygens (including phenoxy) is 2. The molecule has 3 N–H and O–H groups in total. The van der Waals surface area contributed by atoms with Crippen LogP contribution in [0.15, 0.2) is 60.7 Å². The van der Waals surface area contributed by atoms with Crippen molar-refractivity contribution in [2.45, 2.75) is 19.5 Å². The Balaban J connectivity index is 1.55. The average molecular weight is 379 g/mol. The van der Waals surface area contributed by atoms with Crippen molar-refractivity contribution in [1.82, 2.24) is 5.32 Å². The maximum absolute atomic E-state index is 12.3. The van der Waals surface area contributed by atoms with Gasteiger partial charge in [-0.2, -0.15) is 0 Å². The normalized spacial score (nSPS) is 11.8. The van der Waals surface area contributed by atoms with Crippen molar-refractivity contribution in [1.29, 1.82) is 0 Å². The lowest BCUT2D eigenvalue weighted by Crippen LogP contribution is -2.87. The van der Waals surface area contributed by atoms with Crippen molar-refractivity contribution in [2.75, 3.05) is 20.8 Å². The number of fused-ring (bicyclic) bond motifs is 1.